The summed E-state index contributed by atoms with van der Waals surface area (Å²) in [6.07, 6.45) is 1.56. The third kappa shape index (κ3) is 3.35. The molecule has 124 valence electrons. The highest BCUT2D eigenvalue weighted by molar-refractivity contribution is 5.89. The average Bonchev–Trinajstić information content (AvgIpc) is 3.14. The first kappa shape index (κ1) is 16.7. The van der Waals surface area contributed by atoms with Crippen LogP contribution in [0.25, 0.3) is 23.0 Å². The Morgan fingerprint density at radius 2 is 1.77 bits per heavy atom. The summed E-state index contributed by atoms with van der Waals surface area (Å²) in [5.74, 6) is 0.750. The normalized spacial score (nSPS) is 10.8. The van der Waals surface area contributed by atoms with Crippen LogP contribution in [-0.4, -0.2) is 4.92 Å². The Bertz CT molecular complexity index is 1080. The van der Waals surface area contributed by atoms with Crippen molar-refractivity contribution in [2.45, 2.75) is 0 Å². The van der Waals surface area contributed by atoms with Crippen molar-refractivity contribution in [1.29, 1.82) is 10.5 Å². The molecule has 0 atom stereocenters. The molecule has 0 saturated heterocycles. The van der Waals surface area contributed by atoms with Gasteiger partial charge in [0.25, 0.3) is 5.69 Å². The summed E-state index contributed by atoms with van der Waals surface area (Å²) in [7, 11) is 0. The summed E-state index contributed by atoms with van der Waals surface area (Å²) >= 11 is 0. The van der Waals surface area contributed by atoms with E-state index in [-0.39, 0.29) is 5.69 Å². The van der Waals surface area contributed by atoms with Crippen LogP contribution in [0, 0.1) is 32.8 Å². The highest BCUT2D eigenvalue weighted by atomic mass is 16.6. The number of hydrogen-bond donors (Lipinski definition) is 0. The van der Waals surface area contributed by atoms with Crippen LogP contribution in [0.2, 0.25) is 0 Å². The quantitative estimate of drug-likeness (QED) is 0.385. The van der Waals surface area contributed by atoms with Gasteiger partial charge in [0.2, 0.25) is 0 Å². The largest absolute Gasteiger partial charge is 0.456 e. The van der Waals surface area contributed by atoms with Gasteiger partial charge >= 0.3 is 0 Å². The lowest BCUT2D eigenvalue weighted by atomic mass is 10.0. The number of nitro benzene ring substituents is 1. The topological polar surface area (TPSA) is 104 Å². The van der Waals surface area contributed by atoms with Crippen LogP contribution in [0.1, 0.15) is 16.9 Å². The molecule has 1 heterocycles. The van der Waals surface area contributed by atoms with E-state index in [0.717, 1.165) is 0 Å². The van der Waals surface area contributed by atoms with E-state index < -0.39 is 4.92 Å². The molecular formula is C20H11N3O3. The van der Waals surface area contributed by atoms with E-state index in [2.05, 4.69) is 6.07 Å². The minimum Gasteiger partial charge on any atom is -0.456 e. The highest BCUT2D eigenvalue weighted by Gasteiger charge is 2.17. The Morgan fingerprint density at radius 3 is 2.42 bits per heavy atom. The van der Waals surface area contributed by atoms with Gasteiger partial charge in [0.15, 0.2) is 0 Å². The van der Waals surface area contributed by atoms with E-state index in [1.54, 1.807) is 60.7 Å². The zero-order valence-corrected chi connectivity index (χ0v) is 13.4. The van der Waals surface area contributed by atoms with E-state index in [1.807, 2.05) is 6.07 Å². The number of furan rings is 1. The Labute approximate surface area is 149 Å². The third-order valence-electron chi connectivity index (χ3n) is 3.73. The average molecular weight is 341 g/mol. The summed E-state index contributed by atoms with van der Waals surface area (Å²) in [6, 6.07) is 20.3. The predicted molar refractivity (Wildman–Crippen MR) is 95.4 cm³/mol. The van der Waals surface area contributed by atoms with E-state index in [4.69, 9.17) is 9.68 Å². The molecule has 1 aromatic heterocycles. The van der Waals surface area contributed by atoms with Crippen LogP contribution in [0.3, 0.4) is 0 Å². The van der Waals surface area contributed by atoms with Crippen molar-refractivity contribution >= 4 is 17.3 Å². The van der Waals surface area contributed by atoms with Crippen LogP contribution in [0.5, 0.6) is 0 Å². The van der Waals surface area contributed by atoms with Crippen molar-refractivity contribution in [3.63, 3.8) is 0 Å². The molecule has 0 aliphatic carbocycles. The highest BCUT2D eigenvalue weighted by Crippen LogP contribution is 2.31. The van der Waals surface area contributed by atoms with Crippen molar-refractivity contribution in [2.24, 2.45) is 0 Å². The maximum Gasteiger partial charge on any atom is 0.280 e. The van der Waals surface area contributed by atoms with Crippen molar-refractivity contribution in [3.8, 4) is 23.5 Å². The summed E-state index contributed by atoms with van der Waals surface area (Å²) in [6.45, 7) is 0. The smallest absolute Gasteiger partial charge is 0.280 e. The molecule has 0 saturated carbocycles. The Morgan fingerprint density at radius 1 is 1.04 bits per heavy atom. The second-order valence-corrected chi connectivity index (χ2v) is 5.34. The first-order chi connectivity index (χ1) is 12.6. The Hall–Kier alpha value is -4.16. The van der Waals surface area contributed by atoms with Crippen LogP contribution in [0.15, 0.2) is 65.1 Å². The Kier molecular flexibility index (Phi) is 4.60. The molecule has 0 radical (unpaired) electrons. The Balaban J connectivity index is 1.97. The second kappa shape index (κ2) is 7.16. The van der Waals surface area contributed by atoms with Gasteiger partial charge in [-0.2, -0.15) is 10.5 Å². The molecule has 3 rings (SSSR count). The van der Waals surface area contributed by atoms with Gasteiger partial charge in [-0.15, -0.1) is 0 Å². The SMILES string of the molecule is N#CC(=Cc1ccc(-c2ccccc2[N+](=O)[O-])o1)c1ccc(C#N)cc1. The van der Waals surface area contributed by atoms with Gasteiger partial charge in [-0.25, -0.2) is 0 Å². The third-order valence-corrected chi connectivity index (χ3v) is 3.73. The summed E-state index contributed by atoms with van der Waals surface area (Å²) in [4.78, 5) is 10.7. The first-order valence-electron chi connectivity index (χ1n) is 7.58. The lowest BCUT2D eigenvalue weighted by Gasteiger charge is -2.00. The standard InChI is InChI=1S/C20H11N3O3/c21-12-14-5-7-15(8-6-14)16(13-22)11-17-9-10-20(26-17)18-3-1-2-4-19(18)23(24)25/h1-11H. The molecule has 6 nitrogen and oxygen atoms in total. The van der Waals surface area contributed by atoms with E-state index in [9.17, 15) is 15.4 Å². The number of nitrogens with zero attached hydrogens (tertiary/aromatic N) is 3. The van der Waals surface area contributed by atoms with E-state index in [1.165, 1.54) is 6.07 Å². The van der Waals surface area contributed by atoms with Gasteiger partial charge in [-0.1, -0.05) is 24.3 Å². The molecule has 0 unspecified atom stereocenters. The molecule has 0 N–H and O–H groups in total. The molecule has 0 amide bonds. The molecule has 26 heavy (non-hydrogen) atoms. The van der Waals surface area contributed by atoms with Crippen molar-refractivity contribution < 1.29 is 9.34 Å². The van der Waals surface area contributed by atoms with Crippen LogP contribution in [0.4, 0.5) is 5.69 Å². The maximum absolute atomic E-state index is 11.1. The number of allylic oxidation sites excluding steroid dienone is 1. The molecule has 2 aromatic carbocycles. The van der Waals surface area contributed by atoms with E-state index in [0.29, 0.717) is 33.8 Å². The summed E-state index contributed by atoms with van der Waals surface area (Å²) in [5, 5.41) is 29.4. The van der Waals surface area contributed by atoms with Crippen LogP contribution >= 0.6 is 0 Å². The molecule has 3 aromatic rings. The number of hydrogen-bond acceptors (Lipinski definition) is 5. The number of benzene rings is 2. The molecule has 0 bridgehead atoms. The first-order valence-corrected chi connectivity index (χ1v) is 7.58. The fraction of sp³-hybridized carbons (Fsp3) is 0. The predicted octanol–water partition coefficient (Wildman–Crippen LogP) is 4.79. The van der Waals surface area contributed by atoms with Gasteiger partial charge in [-0.05, 0) is 42.0 Å². The summed E-state index contributed by atoms with van der Waals surface area (Å²) < 4.78 is 5.67. The molecule has 0 aliphatic rings. The number of nitro groups is 1. The number of nitriles is 2. The van der Waals surface area contributed by atoms with Crippen LogP contribution in [-0.2, 0) is 0 Å². The van der Waals surface area contributed by atoms with Crippen molar-refractivity contribution in [1.82, 2.24) is 0 Å². The van der Waals surface area contributed by atoms with Crippen molar-refractivity contribution in [2.75, 3.05) is 0 Å². The number of rotatable bonds is 4. The second-order valence-electron chi connectivity index (χ2n) is 5.34. The molecular weight excluding hydrogens is 330 g/mol. The van der Waals surface area contributed by atoms with E-state index >= 15 is 0 Å². The summed E-state index contributed by atoms with van der Waals surface area (Å²) in [5.41, 5.74) is 1.83. The minimum absolute atomic E-state index is 0.0509. The lowest BCUT2D eigenvalue weighted by Crippen LogP contribution is -1.90. The minimum atomic E-state index is -0.467. The maximum atomic E-state index is 11.1. The zero-order valence-electron chi connectivity index (χ0n) is 13.4. The van der Waals surface area contributed by atoms with Gasteiger partial charge in [0.05, 0.1) is 33.8 Å². The fourth-order valence-electron chi connectivity index (χ4n) is 2.46. The van der Waals surface area contributed by atoms with Gasteiger partial charge in [-0.3, -0.25) is 10.1 Å². The molecule has 0 fully saturated rings. The monoisotopic (exact) mass is 341 g/mol. The van der Waals surface area contributed by atoms with Gasteiger partial charge in [0, 0.05) is 6.07 Å². The van der Waals surface area contributed by atoms with Crippen LogP contribution < -0.4 is 0 Å². The lowest BCUT2D eigenvalue weighted by molar-refractivity contribution is -0.384. The fourth-order valence-corrected chi connectivity index (χ4v) is 2.46. The van der Waals surface area contributed by atoms with Gasteiger partial charge < -0.3 is 4.42 Å². The molecule has 0 aliphatic heterocycles. The molecule has 0 spiro atoms. The van der Waals surface area contributed by atoms with Crippen molar-refractivity contribution in [3.05, 3.63) is 87.7 Å². The number of para-hydroxylation sites is 1. The molecule has 6 heteroatoms. The zero-order chi connectivity index (χ0) is 18.5. The van der Waals surface area contributed by atoms with Gasteiger partial charge in [0.1, 0.15) is 11.5 Å².